The van der Waals surface area contributed by atoms with E-state index in [2.05, 4.69) is 30.0 Å². The number of hydrogen-bond acceptors (Lipinski definition) is 0. The van der Waals surface area contributed by atoms with Gasteiger partial charge in [0.2, 0.25) is 0 Å². The van der Waals surface area contributed by atoms with E-state index in [1.807, 2.05) is 30.3 Å². The van der Waals surface area contributed by atoms with Crippen molar-refractivity contribution in [3.63, 3.8) is 0 Å². The Morgan fingerprint density at radius 1 is 0.615 bits per heavy atom. The lowest BCUT2D eigenvalue weighted by atomic mass is 10.1. The van der Waals surface area contributed by atoms with Crippen molar-refractivity contribution in [1.82, 2.24) is 0 Å². The fourth-order valence-corrected chi connectivity index (χ4v) is 1.33. The van der Waals surface area contributed by atoms with E-state index in [0.29, 0.717) is 0 Å². The number of benzene rings is 2. The van der Waals surface area contributed by atoms with Crippen LogP contribution in [0, 0.1) is 0 Å². The summed E-state index contributed by atoms with van der Waals surface area (Å²) in [5.74, 6) is 0. The van der Waals surface area contributed by atoms with E-state index in [-0.39, 0.29) is 0 Å². The van der Waals surface area contributed by atoms with Crippen molar-refractivity contribution in [2.75, 3.05) is 0 Å². The predicted octanol–water partition coefficient (Wildman–Crippen LogP) is 2.23. The average molecular weight is 170 g/mol. The minimum atomic E-state index is 1.06. The summed E-state index contributed by atoms with van der Waals surface area (Å²) in [6, 6.07) is 18.6. The van der Waals surface area contributed by atoms with Gasteiger partial charge >= 0.3 is 0 Å². The minimum absolute atomic E-state index is 1.06. The van der Waals surface area contributed by atoms with Crippen LogP contribution in [0.5, 0.6) is 0 Å². The first-order chi connectivity index (χ1) is 6.36. The molecule has 0 saturated carbocycles. The van der Waals surface area contributed by atoms with E-state index >= 15 is 0 Å². The fourth-order valence-electron chi connectivity index (χ4n) is 1.33. The second-order valence-corrected chi connectivity index (χ2v) is 3.06. The molecule has 0 bridgehead atoms. The summed E-state index contributed by atoms with van der Waals surface area (Å²) in [6.45, 7) is 0. The molecule has 0 aliphatic carbocycles. The molecule has 0 spiro atoms. The van der Waals surface area contributed by atoms with Gasteiger partial charge in [0.15, 0.2) is 0 Å². The Bertz CT molecular complexity index is 376. The molecule has 1 heteroatoms. The molecule has 0 saturated heterocycles. The van der Waals surface area contributed by atoms with Gasteiger partial charge < -0.3 is 5.73 Å². The molecule has 3 N–H and O–H groups in total. The Labute approximate surface area is 77.8 Å². The molecule has 0 atom stereocenters. The average Bonchev–Trinajstić information content (AvgIpc) is 2.20. The Hall–Kier alpha value is -1.60. The highest BCUT2D eigenvalue weighted by atomic mass is 14.5. The third-order valence-electron chi connectivity index (χ3n) is 2.06. The van der Waals surface area contributed by atoms with E-state index in [1.54, 1.807) is 0 Å². The van der Waals surface area contributed by atoms with Gasteiger partial charge in [0.1, 0.15) is 5.69 Å². The first kappa shape index (κ1) is 8.02. The zero-order valence-corrected chi connectivity index (χ0v) is 7.40. The standard InChI is InChI=1S/C12H11N/c13-12-8-6-11(7-9-12)10-4-2-1-3-5-10/h1-9H,13H2/p+1. The maximum atomic E-state index is 3.86. The Morgan fingerprint density at radius 3 is 1.77 bits per heavy atom. The van der Waals surface area contributed by atoms with Gasteiger partial charge in [0, 0.05) is 0 Å². The predicted molar refractivity (Wildman–Crippen MR) is 54.4 cm³/mol. The Kier molecular flexibility index (Phi) is 2.11. The maximum absolute atomic E-state index is 3.86. The van der Waals surface area contributed by atoms with Crippen LogP contribution in [0.1, 0.15) is 0 Å². The molecule has 64 valence electrons. The van der Waals surface area contributed by atoms with E-state index in [9.17, 15) is 0 Å². The van der Waals surface area contributed by atoms with E-state index in [1.165, 1.54) is 11.1 Å². The molecule has 0 aromatic heterocycles. The molecule has 0 fully saturated rings. The molecule has 0 unspecified atom stereocenters. The van der Waals surface area contributed by atoms with Crippen molar-refractivity contribution < 1.29 is 5.73 Å². The molecular formula is C12H12N+. The third-order valence-corrected chi connectivity index (χ3v) is 2.06. The highest BCUT2D eigenvalue weighted by Gasteiger charge is 1.95. The molecule has 0 amide bonds. The lowest BCUT2D eigenvalue weighted by molar-refractivity contribution is -0.254. The summed E-state index contributed by atoms with van der Waals surface area (Å²) in [7, 11) is 0. The summed E-state index contributed by atoms with van der Waals surface area (Å²) < 4.78 is 0. The molecule has 0 aliphatic rings. The molecule has 0 radical (unpaired) electrons. The molecule has 1 nitrogen and oxygen atoms in total. The fraction of sp³-hybridized carbons (Fsp3) is 0. The van der Waals surface area contributed by atoms with Gasteiger partial charge in [-0.15, -0.1) is 0 Å². The lowest BCUT2D eigenvalue weighted by Crippen LogP contribution is -2.39. The normalized spacial score (nSPS) is 9.92. The maximum Gasteiger partial charge on any atom is 0.127 e. The Morgan fingerprint density at radius 2 is 1.15 bits per heavy atom. The van der Waals surface area contributed by atoms with Gasteiger partial charge in [-0.2, -0.15) is 0 Å². The van der Waals surface area contributed by atoms with Gasteiger partial charge in [0.05, 0.1) is 0 Å². The number of quaternary nitrogens is 1. The minimum Gasteiger partial charge on any atom is -0.325 e. The first-order valence-electron chi connectivity index (χ1n) is 4.34. The van der Waals surface area contributed by atoms with E-state index < -0.39 is 0 Å². The largest absolute Gasteiger partial charge is 0.325 e. The van der Waals surface area contributed by atoms with Gasteiger partial charge in [-0.25, -0.2) is 0 Å². The molecule has 2 aromatic carbocycles. The quantitative estimate of drug-likeness (QED) is 0.679. The lowest BCUT2D eigenvalue weighted by Gasteiger charge is -1.99. The molecule has 0 aliphatic heterocycles. The van der Waals surface area contributed by atoms with Crippen LogP contribution in [0.15, 0.2) is 54.6 Å². The van der Waals surface area contributed by atoms with Crippen molar-refractivity contribution in [3.8, 4) is 11.1 Å². The summed E-state index contributed by atoms with van der Waals surface area (Å²) in [5.41, 5.74) is 7.41. The number of hydrogen-bond donors (Lipinski definition) is 1. The van der Waals surface area contributed by atoms with Crippen LogP contribution in [-0.2, 0) is 0 Å². The Balaban J connectivity index is 2.42. The summed E-state index contributed by atoms with van der Waals surface area (Å²) in [6.07, 6.45) is 0. The van der Waals surface area contributed by atoms with Crippen LogP contribution in [0.4, 0.5) is 5.69 Å². The smallest absolute Gasteiger partial charge is 0.127 e. The molecule has 2 rings (SSSR count). The van der Waals surface area contributed by atoms with E-state index in [4.69, 9.17) is 0 Å². The monoisotopic (exact) mass is 170 g/mol. The van der Waals surface area contributed by atoms with Crippen molar-refractivity contribution >= 4 is 5.69 Å². The molecular weight excluding hydrogens is 158 g/mol. The summed E-state index contributed by atoms with van der Waals surface area (Å²) >= 11 is 0. The second-order valence-electron chi connectivity index (χ2n) is 3.06. The van der Waals surface area contributed by atoms with Crippen LogP contribution >= 0.6 is 0 Å². The van der Waals surface area contributed by atoms with Crippen LogP contribution < -0.4 is 5.73 Å². The van der Waals surface area contributed by atoms with Gasteiger partial charge in [-0.05, 0) is 35.4 Å². The van der Waals surface area contributed by atoms with Crippen LogP contribution in [0.2, 0.25) is 0 Å². The summed E-state index contributed by atoms with van der Waals surface area (Å²) in [4.78, 5) is 0. The second kappa shape index (κ2) is 3.42. The van der Waals surface area contributed by atoms with Crippen molar-refractivity contribution in [3.05, 3.63) is 54.6 Å². The van der Waals surface area contributed by atoms with Crippen molar-refractivity contribution in [1.29, 1.82) is 0 Å². The van der Waals surface area contributed by atoms with Crippen LogP contribution in [-0.4, -0.2) is 0 Å². The molecule has 2 aromatic rings. The zero-order chi connectivity index (χ0) is 9.10. The molecule has 13 heavy (non-hydrogen) atoms. The van der Waals surface area contributed by atoms with Crippen LogP contribution in [0.25, 0.3) is 11.1 Å². The zero-order valence-electron chi connectivity index (χ0n) is 7.40. The summed E-state index contributed by atoms with van der Waals surface area (Å²) in [5, 5.41) is 0. The van der Waals surface area contributed by atoms with Gasteiger partial charge in [0.25, 0.3) is 0 Å². The SMILES string of the molecule is [NH3+]c1ccc(-c2ccccc2)cc1. The van der Waals surface area contributed by atoms with Crippen LogP contribution in [0.3, 0.4) is 0 Å². The topological polar surface area (TPSA) is 27.6 Å². The molecule has 0 heterocycles. The van der Waals surface area contributed by atoms with Crippen molar-refractivity contribution in [2.24, 2.45) is 0 Å². The highest BCUT2D eigenvalue weighted by molar-refractivity contribution is 5.64. The third kappa shape index (κ3) is 1.76. The van der Waals surface area contributed by atoms with E-state index in [0.717, 1.165) is 5.69 Å². The van der Waals surface area contributed by atoms with Crippen molar-refractivity contribution in [2.45, 2.75) is 0 Å². The number of rotatable bonds is 1. The first-order valence-corrected chi connectivity index (χ1v) is 4.34. The highest BCUT2D eigenvalue weighted by Crippen LogP contribution is 2.18. The van der Waals surface area contributed by atoms with Gasteiger partial charge in [-0.3, -0.25) is 0 Å². The van der Waals surface area contributed by atoms with Gasteiger partial charge in [-0.1, -0.05) is 30.3 Å².